The summed E-state index contributed by atoms with van der Waals surface area (Å²) in [5, 5.41) is 9.86. The molecular weight excluding hydrogens is 398 g/mol. The van der Waals surface area contributed by atoms with Gasteiger partial charge in [0.15, 0.2) is 0 Å². The smallest absolute Gasteiger partial charge is 0.117 e. The number of hydrogen-bond donors (Lipinski definition) is 1. The Morgan fingerprint density at radius 1 is 0.958 bits per heavy atom. The van der Waals surface area contributed by atoms with Crippen LogP contribution in [0.5, 0.6) is 5.75 Å². The molecule has 0 aromatic heterocycles. The zero-order valence-corrected chi connectivity index (χ0v) is 19.0. The van der Waals surface area contributed by atoms with Gasteiger partial charge in [-0.25, -0.2) is 11.6 Å². The third-order valence-corrected chi connectivity index (χ3v) is 3.47. The van der Waals surface area contributed by atoms with Crippen LogP contribution in [0.2, 0.25) is 5.02 Å². The number of allylic oxidation sites excluding steroid dienone is 4. The quantitative estimate of drug-likeness (QED) is 0.462. The second-order valence-corrected chi connectivity index (χ2v) is 7.83. The van der Waals surface area contributed by atoms with E-state index in [0.717, 1.165) is 12.0 Å². The first-order chi connectivity index (χ1) is 9.50. The van der Waals surface area contributed by atoms with Crippen LogP contribution in [0.25, 0.3) is 0 Å². The normalized spacial score (nSPS) is 12.7. The average Bonchev–Trinajstić information content (AvgIpc) is 2.79. The van der Waals surface area contributed by atoms with Crippen molar-refractivity contribution in [2.24, 2.45) is 5.41 Å². The molecule has 1 N–H and O–H groups in total. The molecule has 0 aliphatic heterocycles. The summed E-state index contributed by atoms with van der Waals surface area (Å²) in [6.45, 7) is 12.9. The minimum absolute atomic E-state index is 0. The van der Waals surface area contributed by atoms with Crippen molar-refractivity contribution in [3.05, 3.63) is 52.6 Å². The van der Waals surface area contributed by atoms with Gasteiger partial charge in [0.25, 0.3) is 0 Å². The molecule has 1 aliphatic rings. The summed E-state index contributed by atoms with van der Waals surface area (Å²) in [6.07, 6.45) is 8.63. The summed E-state index contributed by atoms with van der Waals surface area (Å²) in [5.41, 5.74) is 2.73. The molecule has 24 heavy (non-hydrogen) atoms. The number of phenolic OH excluding ortho intramolecular Hbond substituents is 1. The first-order valence-electron chi connectivity index (χ1n) is 7.28. The molecule has 0 heterocycles. The summed E-state index contributed by atoms with van der Waals surface area (Å²) in [6, 6.07) is 5.16. The van der Waals surface area contributed by atoms with Crippen LogP contribution in [0.3, 0.4) is 0 Å². The van der Waals surface area contributed by atoms with Crippen molar-refractivity contribution in [3.63, 3.8) is 0 Å². The Morgan fingerprint density at radius 3 is 1.79 bits per heavy atom. The van der Waals surface area contributed by atoms with E-state index in [2.05, 4.69) is 59.8 Å². The van der Waals surface area contributed by atoms with E-state index in [-0.39, 0.29) is 57.7 Å². The summed E-state index contributed by atoms with van der Waals surface area (Å²) >= 11 is 5.80. The summed E-state index contributed by atoms with van der Waals surface area (Å²) in [5.74, 6) is 0.229. The van der Waals surface area contributed by atoms with Crippen molar-refractivity contribution in [2.45, 2.75) is 53.4 Å². The number of phenols is 1. The molecule has 0 radical (unpaired) electrons. The number of aromatic hydroxyl groups is 1. The molecule has 0 spiro atoms. The second kappa shape index (κ2) is 11.7. The molecule has 0 amide bonds. The molecule has 0 unspecified atom stereocenters. The van der Waals surface area contributed by atoms with Crippen LogP contribution < -0.4 is 24.8 Å². The monoisotopic (exact) mass is 423 g/mol. The van der Waals surface area contributed by atoms with Crippen LogP contribution >= 0.6 is 11.6 Å². The van der Waals surface area contributed by atoms with Gasteiger partial charge in [0.05, 0.1) is 0 Å². The van der Waals surface area contributed by atoms with Crippen molar-refractivity contribution in [2.75, 3.05) is 0 Å². The van der Waals surface area contributed by atoms with E-state index in [0.29, 0.717) is 10.4 Å². The molecule has 0 saturated carbocycles. The van der Waals surface area contributed by atoms with E-state index in [1.165, 1.54) is 11.6 Å². The van der Waals surface area contributed by atoms with Crippen molar-refractivity contribution in [3.8, 4) is 5.75 Å². The van der Waals surface area contributed by atoms with E-state index < -0.39 is 0 Å². The van der Waals surface area contributed by atoms with Gasteiger partial charge in [-0.15, -0.1) is 6.42 Å². The van der Waals surface area contributed by atoms with Gasteiger partial charge >= 0.3 is 0 Å². The Kier molecular flexibility index (Phi) is 14.0. The van der Waals surface area contributed by atoms with Gasteiger partial charge in [-0.05, 0) is 34.6 Å². The van der Waals surface area contributed by atoms with Gasteiger partial charge in [-0.3, -0.25) is 6.08 Å². The molecule has 0 fully saturated rings. The van der Waals surface area contributed by atoms with Gasteiger partial charge < -0.3 is 29.9 Å². The molecule has 136 valence electrons. The standard InChI is InChI=1S/C10H13ClO.C9H13.2ClH.Ti/c1-10(2,3)7-4-8(11)6-9(12)5-7;1-9(2,3)8-6-4-5-7-8;;;/h4-6,12H,1-3H3;4,6H,5H2,1-3H3;2*1H;/q;-1;;;/p-2. The van der Waals surface area contributed by atoms with Crippen LogP contribution in [0, 0.1) is 11.5 Å². The first kappa shape index (κ1) is 28.9. The van der Waals surface area contributed by atoms with Crippen molar-refractivity contribution < 1.29 is 51.6 Å². The maximum absolute atomic E-state index is 9.27. The maximum atomic E-state index is 9.27. The van der Waals surface area contributed by atoms with Crippen LogP contribution in [-0.2, 0) is 27.1 Å². The summed E-state index contributed by atoms with van der Waals surface area (Å²) < 4.78 is 0. The van der Waals surface area contributed by atoms with Crippen LogP contribution in [0.1, 0.15) is 53.5 Å². The van der Waals surface area contributed by atoms with Gasteiger partial charge in [-0.2, -0.15) is 6.08 Å². The Morgan fingerprint density at radius 2 is 1.50 bits per heavy atom. The zero-order chi connectivity index (χ0) is 16.3. The third-order valence-electron chi connectivity index (χ3n) is 3.25. The van der Waals surface area contributed by atoms with E-state index in [9.17, 15) is 5.11 Å². The molecule has 1 aromatic carbocycles. The van der Waals surface area contributed by atoms with Crippen molar-refractivity contribution >= 4 is 11.6 Å². The first-order valence-corrected chi connectivity index (χ1v) is 7.66. The molecular formula is C19H26Cl3OTi-3. The van der Waals surface area contributed by atoms with Gasteiger partial charge in [0.1, 0.15) is 5.75 Å². The minimum Gasteiger partial charge on any atom is -1.00 e. The SMILES string of the molecule is CC(C)(C)C1=[C-]CC=C1.CC(C)(C)c1cc(O)cc(Cl)c1.[Cl-].[Cl-].[Ti]. The minimum atomic E-state index is 0. The molecule has 2 rings (SSSR count). The van der Waals surface area contributed by atoms with Gasteiger partial charge in [0, 0.05) is 26.7 Å². The molecule has 1 nitrogen and oxygen atoms in total. The van der Waals surface area contributed by atoms with Gasteiger partial charge in [-0.1, -0.05) is 53.1 Å². The summed E-state index contributed by atoms with van der Waals surface area (Å²) in [7, 11) is 0. The Labute approximate surface area is 179 Å². The van der Waals surface area contributed by atoms with E-state index in [1.54, 1.807) is 6.07 Å². The van der Waals surface area contributed by atoms with E-state index in [4.69, 9.17) is 11.6 Å². The van der Waals surface area contributed by atoms with Crippen molar-refractivity contribution in [1.29, 1.82) is 0 Å². The molecule has 1 aromatic rings. The van der Waals surface area contributed by atoms with Crippen LogP contribution in [0.15, 0.2) is 35.9 Å². The maximum Gasteiger partial charge on any atom is 0.117 e. The zero-order valence-electron chi connectivity index (χ0n) is 15.2. The predicted molar refractivity (Wildman–Crippen MR) is 91.8 cm³/mol. The fourth-order valence-corrected chi connectivity index (χ4v) is 2.16. The fraction of sp³-hybridized carbons (Fsp3) is 0.474. The number of hydrogen-bond acceptors (Lipinski definition) is 1. The van der Waals surface area contributed by atoms with Crippen LogP contribution in [-0.4, -0.2) is 5.11 Å². The van der Waals surface area contributed by atoms with Crippen LogP contribution in [0.4, 0.5) is 0 Å². The van der Waals surface area contributed by atoms with E-state index in [1.807, 2.05) is 6.07 Å². The third kappa shape index (κ3) is 10.2. The largest absolute Gasteiger partial charge is 1.00 e. The molecule has 5 heteroatoms. The number of benzene rings is 1. The predicted octanol–water partition coefficient (Wildman–Crippen LogP) is 0.0706. The number of rotatable bonds is 0. The van der Waals surface area contributed by atoms with Gasteiger partial charge in [0.2, 0.25) is 0 Å². The second-order valence-electron chi connectivity index (χ2n) is 7.40. The molecule has 0 bridgehead atoms. The molecule has 1 aliphatic carbocycles. The fourth-order valence-electron chi connectivity index (χ4n) is 1.93. The van der Waals surface area contributed by atoms with E-state index >= 15 is 0 Å². The molecule has 0 atom stereocenters. The van der Waals surface area contributed by atoms with Crippen molar-refractivity contribution in [1.82, 2.24) is 0 Å². The Balaban J connectivity index is -0.000000336. The number of halogens is 3. The molecule has 0 saturated heterocycles. The topological polar surface area (TPSA) is 20.2 Å². The Hall–Kier alpha value is 0.0843. The Bertz CT molecular complexity index is 532. The summed E-state index contributed by atoms with van der Waals surface area (Å²) in [4.78, 5) is 0. The average molecular weight is 425 g/mol.